The molecule has 7 heteroatoms. The van der Waals surface area contributed by atoms with Crippen LogP contribution in [-0.2, 0) is 0 Å². The fourth-order valence-electron chi connectivity index (χ4n) is 1.54. The number of nitrogens with one attached hydrogen (secondary N) is 1. The molecule has 1 aromatic heterocycles. The van der Waals surface area contributed by atoms with Gasteiger partial charge in [0.2, 0.25) is 0 Å². The number of amides is 1. The number of carboxylic acid groups (broad SMARTS) is 1. The van der Waals surface area contributed by atoms with Gasteiger partial charge in [0.05, 0.1) is 21.8 Å². The van der Waals surface area contributed by atoms with Crippen molar-refractivity contribution in [2.45, 2.75) is 0 Å². The lowest BCUT2D eigenvalue weighted by molar-refractivity contribution is 0.0692. The Morgan fingerprint density at radius 1 is 1.15 bits per heavy atom. The van der Waals surface area contributed by atoms with Gasteiger partial charge in [0.1, 0.15) is 0 Å². The molecule has 20 heavy (non-hydrogen) atoms. The standard InChI is InChI=1S/C13H8Cl2N2O3/c14-7-1-2-11(10(15)5-7)17-12(18)9-6-16-4-3-8(9)13(19)20/h1-6H,(H,17,18)(H,19,20). The Balaban J connectivity index is 2.31. The summed E-state index contributed by atoms with van der Waals surface area (Å²) < 4.78 is 0. The zero-order valence-electron chi connectivity index (χ0n) is 9.93. The Morgan fingerprint density at radius 2 is 1.90 bits per heavy atom. The van der Waals surface area contributed by atoms with Crippen LogP contribution in [0.3, 0.4) is 0 Å². The molecule has 1 heterocycles. The van der Waals surface area contributed by atoms with E-state index in [2.05, 4.69) is 10.3 Å². The average molecular weight is 311 g/mol. The average Bonchev–Trinajstić information content (AvgIpc) is 2.41. The van der Waals surface area contributed by atoms with E-state index in [1.165, 1.54) is 30.6 Å². The van der Waals surface area contributed by atoms with Crippen molar-refractivity contribution in [1.29, 1.82) is 0 Å². The lowest BCUT2D eigenvalue weighted by Gasteiger charge is -2.09. The van der Waals surface area contributed by atoms with Crippen LogP contribution in [0.15, 0.2) is 36.7 Å². The summed E-state index contributed by atoms with van der Waals surface area (Å²) in [6.07, 6.45) is 2.48. The summed E-state index contributed by atoms with van der Waals surface area (Å²) in [5.41, 5.74) is 0.148. The number of hydrogen-bond acceptors (Lipinski definition) is 3. The van der Waals surface area contributed by atoms with Gasteiger partial charge in [-0.2, -0.15) is 0 Å². The summed E-state index contributed by atoms with van der Waals surface area (Å²) >= 11 is 11.7. The first kappa shape index (κ1) is 14.3. The van der Waals surface area contributed by atoms with Crippen molar-refractivity contribution >= 4 is 40.8 Å². The predicted octanol–water partition coefficient (Wildman–Crippen LogP) is 3.34. The zero-order chi connectivity index (χ0) is 14.7. The molecule has 5 nitrogen and oxygen atoms in total. The summed E-state index contributed by atoms with van der Waals surface area (Å²) in [7, 11) is 0. The van der Waals surface area contributed by atoms with Gasteiger partial charge in [-0.25, -0.2) is 4.79 Å². The van der Waals surface area contributed by atoms with Crippen molar-refractivity contribution in [3.63, 3.8) is 0 Å². The Bertz CT molecular complexity index is 689. The van der Waals surface area contributed by atoms with Gasteiger partial charge < -0.3 is 10.4 Å². The number of benzene rings is 1. The third kappa shape index (κ3) is 3.07. The van der Waals surface area contributed by atoms with Crippen LogP contribution in [-0.4, -0.2) is 22.0 Å². The minimum absolute atomic E-state index is 0.0500. The molecule has 0 bridgehead atoms. The number of carbonyl (C=O) groups excluding carboxylic acids is 1. The molecular weight excluding hydrogens is 303 g/mol. The molecular formula is C13H8Cl2N2O3. The second-order valence-corrected chi connectivity index (χ2v) is 4.65. The summed E-state index contributed by atoms with van der Waals surface area (Å²) in [5, 5.41) is 12.2. The summed E-state index contributed by atoms with van der Waals surface area (Å²) in [4.78, 5) is 26.9. The third-order valence-electron chi connectivity index (χ3n) is 2.48. The van der Waals surface area contributed by atoms with Gasteiger partial charge in [0.25, 0.3) is 5.91 Å². The molecule has 1 amide bonds. The minimum Gasteiger partial charge on any atom is -0.478 e. The van der Waals surface area contributed by atoms with Crippen LogP contribution in [0.4, 0.5) is 5.69 Å². The molecule has 0 saturated heterocycles. The molecule has 0 aliphatic carbocycles. The third-order valence-corrected chi connectivity index (χ3v) is 3.02. The molecule has 0 fully saturated rings. The number of aromatic nitrogens is 1. The van der Waals surface area contributed by atoms with Gasteiger partial charge in [-0.05, 0) is 24.3 Å². The normalized spacial score (nSPS) is 10.1. The lowest BCUT2D eigenvalue weighted by atomic mass is 10.1. The highest BCUT2D eigenvalue weighted by atomic mass is 35.5. The van der Waals surface area contributed by atoms with E-state index >= 15 is 0 Å². The zero-order valence-corrected chi connectivity index (χ0v) is 11.4. The van der Waals surface area contributed by atoms with Crippen molar-refractivity contribution in [1.82, 2.24) is 4.98 Å². The van der Waals surface area contributed by atoms with Crippen LogP contribution in [0, 0.1) is 0 Å². The number of aromatic carboxylic acids is 1. The van der Waals surface area contributed by atoms with Gasteiger partial charge in [0, 0.05) is 17.4 Å². The quantitative estimate of drug-likeness (QED) is 0.911. The van der Waals surface area contributed by atoms with Crippen molar-refractivity contribution in [3.05, 3.63) is 57.8 Å². The topological polar surface area (TPSA) is 79.3 Å². The van der Waals surface area contributed by atoms with Crippen molar-refractivity contribution in [3.8, 4) is 0 Å². The molecule has 0 aliphatic heterocycles. The number of hydrogen-bond donors (Lipinski definition) is 2. The molecule has 2 N–H and O–H groups in total. The Morgan fingerprint density at radius 3 is 2.55 bits per heavy atom. The highest BCUT2D eigenvalue weighted by Gasteiger charge is 2.17. The van der Waals surface area contributed by atoms with E-state index in [0.717, 1.165) is 0 Å². The van der Waals surface area contributed by atoms with Gasteiger partial charge in [-0.15, -0.1) is 0 Å². The number of halogens is 2. The number of rotatable bonds is 3. The van der Waals surface area contributed by atoms with E-state index in [4.69, 9.17) is 28.3 Å². The van der Waals surface area contributed by atoms with Crippen LogP contribution < -0.4 is 5.32 Å². The summed E-state index contributed by atoms with van der Waals surface area (Å²) in [6.45, 7) is 0. The van der Waals surface area contributed by atoms with E-state index in [0.29, 0.717) is 10.7 Å². The molecule has 0 atom stereocenters. The molecule has 2 aromatic rings. The SMILES string of the molecule is O=C(O)c1ccncc1C(=O)Nc1ccc(Cl)cc1Cl. The fraction of sp³-hybridized carbons (Fsp3) is 0. The first-order valence-electron chi connectivity index (χ1n) is 5.42. The second-order valence-electron chi connectivity index (χ2n) is 3.80. The first-order valence-corrected chi connectivity index (χ1v) is 6.18. The van der Waals surface area contributed by atoms with Crippen LogP contribution in [0.2, 0.25) is 10.0 Å². The number of carbonyl (C=O) groups is 2. The monoisotopic (exact) mass is 310 g/mol. The maximum absolute atomic E-state index is 12.1. The largest absolute Gasteiger partial charge is 0.478 e. The van der Waals surface area contributed by atoms with E-state index in [-0.39, 0.29) is 16.1 Å². The van der Waals surface area contributed by atoms with Crippen LogP contribution in [0.1, 0.15) is 20.7 Å². The molecule has 1 aromatic carbocycles. The molecule has 2 rings (SSSR count). The first-order chi connectivity index (χ1) is 9.49. The molecule has 0 spiro atoms. The Kier molecular flexibility index (Phi) is 4.22. The van der Waals surface area contributed by atoms with Gasteiger partial charge in [-0.1, -0.05) is 23.2 Å². The van der Waals surface area contributed by atoms with Crippen molar-refractivity contribution in [2.75, 3.05) is 5.32 Å². The molecule has 0 radical (unpaired) electrons. The van der Waals surface area contributed by atoms with E-state index < -0.39 is 11.9 Å². The Hall–Kier alpha value is -2.11. The van der Waals surface area contributed by atoms with Crippen molar-refractivity contribution in [2.24, 2.45) is 0 Å². The minimum atomic E-state index is -1.21. The van der Waals surface area contributed by atoms with E-state index in [9.17, 15) is 9.59 Å². The molecule has 0 unspecified atom stereocenters. The second kappa shape index (κ2) is 5.90. The van der Waals surface area contributed by atoms with Gasteiger partial charge >= 0.3 is 5.97 Å². The van der Waals surface area contributed by atoms with Crippen molar-refractivity contribution < 1.29 is 14.7 Å². The fourth-order valence-corrected chi connectivity index (χ4v) is 2.00. The highest BCUT2D eigenvalue weighted by molar-refractivity contribution is 6.36. The molecule has 0 aliphatic rings. The van der Waals surface area contributed by atoms with Gasteiger partial charge in [-0.3, -0.25) is 9.78 Å². The maximum Gasteiger partial charge on any atom is 0.336 e. The summed E-state index contributed by atoms with van der Waals surface area (Å²) in [6, 6.07) is 5.81. The van der Waals surface area contributed by atoms with E-state index in [1.54, 1.807) is 6.07 Å². The number of carboxylic acids is 1. The lowest BCUT2D eigenvalue weighted by Crippen LogP contribution is -2.17. The van der Waals surface area contributed by atoms with E-state index in [1.807, 2.05) is 0 Å². The van der Waals surface area contributed by atoms with Crippen LogP contribution >= 0.6 is 23.2 Å². The predicted molar refractivity (Wildman–Crippen MR) is 75.6 cm³/mol. The Labute approximate surface area is 124 Å². The maximum atomic E-state index is 12.1. The van der Waals surface area contributed by atoms with Crippen LogP contribution in [0.25, 0.3) is 0 Å². The van der Waals surface area contributed by atoms with Crippen LogP contribution in [0.5, 0.6) is 0 Å². The number of nitrogens with zero attached hydrogens (tertiary/aromatic N) is 1. The smallest absolute Gasteiger partial charge is 0.336 e. The van der Waals surface area contributed by atoms with Gasteiger partial charge in [0.15, 0.2) is 0 Å². The number of pyridine rings is 1. The number of anilines is 1. The highest BCUT2D eigenvalue weighted by Crippen LogP contribution is 2.26. The molecule has 0 saturated carbocycles. The summed E-state index contributed by atoms with van der Waals surface area (Å²) in [5.74, 6) is -1.82. The molecule has 102 valence electrons.